The number of aromatic nitrogens is 1. The van der Waals surface area contributed by atoms with Crippen LogP contribution in [0.25, 0.3) is 0 Å². The van der Waals surface area contributed by atoms with E-state index in [2.05, 4.69) is 4.98 Å². The third kappa shape index (κ3) is 5.33. The van der Waals surface area contributed by atoms with Crippen molar-refractivity contribution in [3.8, 4) is 11.5 Å². The first-order chi connectivity index (χ1) is 14.2. The minimum atomic E-state index is -4.69. The lowest BCUT2D eigenvalue weighted by Gasteiger charge is -2.14. The highest BCUT2D eigenvalue weighted by Gasteiger charge is 2.23. The average molecular weight is 650 g/mol. The van der Waals surface area contributed by atoms with E-state index in [-0.39, 0.29) is 29.9 Å². The van der Waals surface area contributed by atoms with Crippen LogP contribution in [0.2, 0.25) is 0 Å². The highest BCUT2D eigenvalue weighted by atomic mass is 127. The van der Waals surface area contributed by atoms with E-state index < -0.39 is 27.0 Å². The molecule has 0 unspecified atom stereocenters. The largest absolute Gasteiger partial charge is 0.744 e. The molecule has 0 fully saturated rings. The lowest BCUT2D eigenvalue weighted by molar-refractivity contribution is 0.0687. The molecule has 0 N–H and O–H groups in total. The van der Waals surface area contributed by atoms with Gasteiger partial charge in [-0.05, 0) is 81.6 Å². The number of hydrogen-bond acceptors (Lipinski definition) is 8. The standard InChI is InChI=1S/C19H11I2NO7S/c20-14-9-12(10-15(21)17(14)30(25,26)27)29-18(23)13-7-4-8-22-16(13)19(24)28-11-5-2-1-3-6-11/h1-10H,(H,25,26,27)/p-1. The third-order valence-corrected chi connectivity index (χ3v) is 6.98. The molecule has 0 aliphatic heterocycles. The summed E-state index contributed by atoms with van der Waals surface area (Å²) in [7, 11) is -4.69. The Kier molecular flexibility index (Phi) is 7.05. The van der Waals surface area contributed by atoms with Gasteiger partial charge in [0.25, 0.3) is 0 Å². The molecule has 154 valence electrons. The lowest BCUT2D eigenvalue weighted by atomic mass is 10.2. The van der Waals surface area contributed by atoms with E-state index in [1.165, 1.54) is 30.5 Å². The van der Waals surface area contributed by atoms with Crippen LogP contribution >= 0.6 is 45.2 Å². The number of nitrogens with zero attached hydrogens (tertiary/aromatic N) is 1. The molecule has 0 saturated carbocycles. The van der Waals surface area contributed by atoms with Crippen LogP contribution in [0.5, 0.6) is 11.5 Å². The molecule has 0 atom stereocenters. The van der Waals surface area contributed by atoms with E-state index in [0.717, 1.165) is 0 Å². The molecule has 1 aromatic heterocycles. The molecule has 0 aliphatic rings. The summed E-state index contributed by atoms with van der Waals surface area (Å²) in [4.78, 5) is 28.6. The summed E-state index contributed by atoms with van der Waals surface area (Å²) in [6.45, 7) is 0. The van der Waals surface area contributed by atoms with Gasteiger partial charge in [0, 0.05) is 13.3 Å². The van der Waals surface area contributed by atoms with E-state index in [9.17, 15) is 22.6 Å². The SMILES string of the molecule is O=C(Oc1cc(I)c(S(=O)(=O)[O-])c(I)c1)c1cccnc1C(=O)Oc1ccccc1. The quantitative estimate of drug-likeness (QED) is 0.178. The smallest absolute Gasteiger partial charge is 0.363 e. The number of carbonyl (C=O) groups is 2. The van der Waals surface area contributed by atoms with Gasteiger partial charge < -0.3 is 14.0 Å². The van der Waals surface area contributed by atoms with Crippen LogP contribution in [-0.2, 0) is 10.1 Å². The van der Waals surface area contributed by atoms with Gasteiger partial charge in [-0.25, -0.2) is 23.0 Å². The Bertz CT molecular complexity index is 1210. The van der Waals surface area contributed by atoms with Crippen LogP contribution < -0.4 is 9.47 Å². The van der Waals surface area contributed by atoms with Crippen LogP contribution in [0.4, 0.5) is 0 Å². The van der Waals surface area contributed by atoms with Gasteiger partial charge in [0.1, 0.15) is 21.6 Å². The number of esters is 2. The molecule has 0 amide bonds. The fourth-order valence-corrected chi connectivity index (χ4v) is 6.30. The number of pyridine rings is 1. The van der Waals surface area contributed by atoms with Gasteiger partial charge >= 0.3 is 11.9 Å². The molecule has 3 aromatic rings. The topological polar surface area (TPSA) is 123 Å². The molecule has 3 rings (SSSR count). The Morgan fingerprint density at radius 1 is 0.867 bits per heavy atom. The Balaban J connectivity index is 1.87. The van der Waals surface area contributed by atoms with Crippen molar-refractivity contribution in [1.29, 1.82) is 0 Å². The van der Waals surface area contributed by atoms with Gasteiger partial charge in [-0.15, -0.1) is 0 Å². The minimum absolute atomic E-state index is 0.00688. The zero-order chi connectivity index (χ0) is 21.9. The molecule has 2 aromatic carbocycles. The number of ether oxygens (including phenoxy) is 2. The van der Waals surface area contributed by atoms with Crippen molar-refractivity contribution in [1.82, 2.24) is 4.98 Å². The highest BCUT2D eigenvalue weighted by Crippen LogP contribution is 2.29. The summed E-state index contributed by atoms with van der Waals surface area (Å²) >= 11 is 3.33. The van der Waals surface area contributed by atoms with Crippen molar-refractivity contribution in [2.75, 3.05) is 0 Å². The predicted molar refractivity (Wildman–Crippen MR) is 120 cm³/mol. The van der Waals surface area contributed by atoms with Gasteiger partial charge in [-0.3, -0.25) is 0 Å². The summed E-state index contributed by atoms with van der Waals surface area (Å²) in [5.74, 6) is -1.45. The molecule has 11 heteroatoms. The summed E-state index contributed by atoms with van der Waals surface area (Å²) in [5, 5.41) is 0. The van der Waals surface area contributed by atoms with Crippen LogP contribution in [0, 0.1) is 7.14 Å². The predicted octanol–water partition coefficient (Wildman–Crippen LogP) is 3.63. The molecule has 0 bridgehead atoms. The number of rotatable bonds is 5. The Morgan fingerprint density at radius 2 is 1.47 bits per heavy atom. The van der Waals surface area contributed by atoms with E-state index in [1.54, 1.807) is 75.5 Å². The molecule has 0 radical (unpaired) electrons. The maximum atomic E-state index is 12.6. The second-order valence-corrected chi connectivity index (χ2v) is 9.30. The van der Waals surface area contributed by atoms with Gasteiger partial charge in [0.05, 0.1) is 10.5 Å². The maximum absolute atomic E-state index is 12.6. The van der Waals surface area contributed by atoms with Gasteiger partial charge in [0.2, 0.25) is 0 Å². The minimum Gasteiger partial charge on any atom is -0.744 e. The molecule has 0 spiro atoms. The summed E-state index contributed by atoms with van der Waals surface area (Å²) in [6.07, 6.45) is 1.33. The first-order valence-electron chi connectivity index (χ1n) is 8.06. The first kappa shape index (κ1) is 22.6. The van der Waals surface area contributed by atoms with Crippen molar-refractivity contribution in [3.63, 3.8) is 0 Å². The highest BCUT2D eigenvalue weighted by molar-refractivity contribution is 14.1. The number of para-hydroxylation sites is 1. The Morgan fingerprint density at radius 3 is 2.07 bits per heavy atom. The fraction of sp³-hybridized carbons (Fsp3) is 0. The van der Waals surface area contributed by atoms with Crippen molar-refractivity contribution < 1.29 is 32.0 Å². The lowest BCUT2D eigenvalue weighted by Crippen LogP contribution is -2.19. The number of benzene rings is 2. The number of halogens is 2. The maximum Gasteiger partial charge on any atom is 0.363 e. The van der Waals surface area contributed by atoms with Crippen LogP contribution in [-0.4, -0.2) is 29.9 Å². The fourth-order valence-electron chi connectivity index (χ4n) is 2.37. The molecule has 1 heterocycles. The van der Waals surface area contributed by atoms with Gasteiger partial charge in [-0.1, -0.05) is 18.2 Å². The first-order valence-corrected chi connectivity index (χ1v) is 11.6. The summed E-state index contributed by atoms with van der Waals surface area (Å²) in [6, 6.07) is 13.6. The van der Waals surface area contributed by atoms with E-state index in [4.69, 9.17) is 9.47 Å². The van der Waals surface area contributed by atoms with Crippen LogP contribution in [0.3, 0.4) is 0 Å². The van der Waals surface area contributed by atoms with E-state index >= 15 is 0 Å². The Hall–Kier alpha value is -2.10. The van der Waals surface area contributed by atoms with Gasteiger partial charge in [-0.2, -0.15) is 0 Å². The van der Waals surface area contributed by atoms with E-state index in [1.807, 2.05) is 0 Å². The number of carbonyl (C=O) groups excluding carboxylic acids is 2. The second-order valence-electron chi connectivity index (χ2n) is 5.66. The van der Waals surface area contributed by atoms with Crippen molar-refractivity contribution >= 4 is 67.2 Å². The normalized spacial score (nSPS) is 11.0. The molecule has 30 heavy (non-hydrogen) atoms. The molecule has 0 aliphatic carbocycles. The van der Waals surface area contributed by atoms with Gasteiger partial charge in [0.15, 0.2) is 5.69 Å². The Labute approximate surface area is 198 Å². The molecular weight excluding hydrogens is 640 g/mol. The summed E-state index contributed by atoms with van der Waals surface area (Å²) < 4.78 is 44.8. The van der Waals surface area contributed by atoms with Crippen molar-refractivity contribution in [2.45, 2.75) is 4.90 Å². The van der Waals surface area contributed by atoms with Crippen LogP contribution in [0.15, 0.2) is 65.7 Å². The monoisotopic (exact) mass is 650 g/mol. The zero-order valence-corrected chi connectivity index (χ0v) is 19.9. The van der Waals surface area contributed by atoms with Crippen molar-refractivity contribution in [2.24, 2.45) is 0 Å². The summed E-state index contributed by atoms with van der Waals surface area (Å²) in [5.41, 5.74) is -0.376. The molecule has 8 nitrogen and oxygen atoms in total. The number of hydrogen-bond donors (Lipinski definition) is 0. The molecular formula is C19H10I2NO7S-. The van der Waals surface area contributed by atoms with E-state index in [0.29, 0.717) is 0 Å². The van der Waals surface area contributed by atoms with Crippen LogP contribution in [0.1, 0.15) is 20.8 Å². The molecule has 0 saturated heterocycles. The third-order valence-electron chi connectivity index (χ3n) is 3.61. The van der Waals surface area contributed by atoms with Crippen molar-refractivity contribution in [3.05, 3.63) is 79.2 Å². The second kappa shape index (κ2) is 9.36. The average Bonchev–Trinajstić information content (AvgIpc) is 2.67. The zero-order valence-electron chi connectivity index (χ0n) is 14.7.